The lowest BCUT2D eigenvalue weighted by atomic mass is 10.1. The average molecular weight is 324 g/mol. The summed E-state index contributed by atoms with van der Waals surface area (Å²) in [6, 6.07) is 0. The van der Waals surface area contributed by atoms with Crippen LogP contribution in [0.3, 0.4) is 0 Å². The molecule has 0 aromatic carbocycles. The summed E-state index contributed by atoms with van der Waals surface area (Å²) in [7, 11) is 0. The number of carbonyl (C=O) groups is 2. The maximum Gasteiger partial charge on any atom is 0.333 e. The summed E-state index contributed by atoms with van der Waals surface area (Å²) < 4.78 is 10.6. The van der Waals surface area contributed by atoms with Crippen LogP contribution in [0.5, 0.6) is 0 Å². The monoisotopic (exact) mass is 324 g/mol. The van der Waals surface area contributed by atoms with E-state index in [1.165, 1.54) is 25.7 Å². The molecule has 0 fully saturated rings. The Balaban J connectivity index is 2.15. The largest absolute Gasteiger partial charge is 0.465 e. The van der Waals surface area contributed by atoms with E-state index in [0.717, 1.165) is 25.7 Å². The van der Waals surface area contributed by atoms with E-state index < -0.39 is 0 Å². The third kappa shape index (κ3) is 8.19. The van der Waals surface area contributed by atoms with E-state index in [0.29, 0.717) is 31.6 Å². The van der Waals surface area contributed by atoms with Gasteiger partial charge in [-0.3, -0.25) is 4.79 Å². The lowest BCUT2D eigenvalue weighted by Gasteiger charge is -2.10. The van der Waals surface area contributed by atoms with Crippen LogP contribution in [-0.4, -0.2) is 25.2 Å². The quantitative estimate of drug-likeness (QED) is 0.390. The lowest BCUT2D eigenvalue weighted by molar-refractivity contribution is -0.148. The Kier molecular flexibility index (Phi) is 10.4. The lowest BCUT2D eigenvalue weighted by Crippen LogP contribution is -2.17. The zero-order valence-electron chi connectivity index (χ0n) is 14.8. The van der Waals surface area contributed by atoms with E-state index in [9.17, 15) is 9.59 Å². The second kappa shape index (κ2) is 12.1. The number of ether oxygens (including phenoxy) is 2. The molecule has 132 valence electrons. The van der Waals surface area contributed by atoms with Gasteiger partial charge in [-0.25, -0.2) is 4.79 Å². The fourth-order valence-corrected chi connectivity index (χ4v) is 2.67. The van der Waals surface area contributed by atoms with Gasteiger partial charge in [0.15, 0.2) is 0 Å². The van der Waals surface area contributed by atoms with Crippen molar-refractivity contribution in [2.24, 2.45) is 5.92 Å². The van der Waals surface area contributed by atoms with Crippen LogP contribution in [-0.2, 0) is 19.1 Å². The normalized spacial score (nSPS) is 17.0. The number of hydrogen-bond acceptors (Lipinski definition) is 4. The predicted octanol–water partition coefficient (Wildman–Crippen LogP) is 4.57. The number of esters is 2. The first-order valence-corrected chi connectivity index (χ1v) is 9.21. The Morgan fingerprint density at radius 3 is 2.17 bits per heavy atom. The Labute approximate surface area is 140 Å². The summed E-state index contributed by atoms with van der Waals surface area (Å²) in [5.74, 6) is -0.646. The molecule has 0 aromatic heterocycles. The molecule has 1 aliphatic carbocycles. The molecule has 0 saturated carbocycles. The molecule has 0 N–H and O–H groups in total. The van der Waals surface area contributed by atoms with Crippen molar-refractivity contribution >= 4 is 11.9 Å². The van der Waals surface area contributed by atoms with Gasteiger partial charge in [-0.1, -0.05) is 58.4 Å². The first-order valence-electron chi connectivity index (χ1n) is 9.21. The molecule has 1 rings (SSSR count). The highest BCUT2D eigenvalue weighted by molar-refractivity contribution is 5.90. The summed E-state index contributed by atoms with van der Waals surface area (Å²) in [4.78, 5) is 23.9. The van der Waals surface area contributed by atoms with Gasteiger partial charge in [0, 0.05) is 5.57 Å². The molecule has 4 nitrogen and oxygen atoms in total. The van der Waals surface area contributed by atoms with Crippen molar-refractivity contribution < 1.29 is 19.1 Å². The van der Waals surface area contributed by atoms with Crippen LogP contribution < -0.4 is 0 Å². The summed E-state index contributed by atoms with van der Waals surface area (Å²) in [6.07, 6.45) is 11.6. The predicted molar refractivity (Wildman–Crippen MR) is 91.0 cm³/mol. The van der Waals surface area contributed by atoms with Crippen LogP contribution in [0.2, 0.25) is 0 Å². The van der Waals surface area contributed by atoms with Crippen molar-refractivity contribution in [2.45, 2.75) is 78.1 Å². The maximum atomic E-state index is 12.0. The van der Waals surface area contributed by atoms with Crippen LogP contribution in [0.1, 0.15) is 78.1 Å². The van der Waals surface area contributed by atoms with E-state index in [1.807, 2.05) is 6.08 Å². The molecule has 1 aliphatic rings. The molecule has 0 aliphatic heterocycles. The fraction of sp³-hybridized carbons (Fsp3) is 0.789. The molecule has 0 aromatic rings. The van der Waals surface area contributed by atoms with Crippen LogP contribution in [0, 0.1) is 5.92 Å². The molecule has 0 saturated heterocycles. The highest BCUT2D eigenvalue weighted by atomic mass is 16.5. The summed E-state index contributed by atoms with van der Waals surface area (Å²) in [5.41, 5.74) is 0.633. The van der Waals surface area contributed by atoms with Crippen LogP contribution in [0.4, 0.5) is 0 Å². The number of allylic oxidation sites excluding steroid dienone is 1. The fourth-order valence-electron chi connectivity index (χ4n) is 2.67. The third-order valence-electron chi connectivity index (χ3n) is 4.18. The molecule has 23 heavy (non-hydrogen) atoms. The first kappa shape index (κ1) is 19.7. The van der Waals surface area contributed by atoms with Gasteiger partial charge in [0.2, 0.25) is 0 Å². The number of carbonyl (C=O) groups excluding carboxylic acids is 2. The van der Waals surface area contributed by atoms with Gasteiger partial charge < -0.3 is 9.47 Å². The van der Waals surface area contributed by atoms with Gasteiger partial charge in [-0.15, -0.1) is 0 Å². The SMILES string of the molecule is CCCCCCOC(=O)C1=CCC(C(=O)OCCCCCC)C1. The third-order valence-corrected chi connectivity index (χ3v) is 4.18. The van der Waals surface area contributed by atoms with Crippen LogP contribution in [0.25, 0.3) is 0 Å². The van der Waals surface area contributed by atoms with Crippen molar-refractivity contribution in [1.29, 1.82) is 0 Å². The molecule has 0 heterocycles. The van der Waals surface area contributed by atoms with Gasteiger partial charge in [0.05, 0.1) is 19.1 Å². The minimum Gasteiger partial charge on any atom is -0.465 e. The molecule has 4 heteroatoms. The van der Waals surface area contributed by atoms with Gasteiger partial charge >= 0.3 is 11.9 Å². The molecule has 0 spiro atoms. The van der Waals surface area contributed by atoms with Crippen LogP contribution in [0.15, 0.2) is 11.6 Å². The Bertz CT molecular complexity index is 387. The van der Waals surface area contributed by atoms with Crippen molar-refractivity contribution in [3.05, 3.63) is 11.6 Å². The van der Waals surface area contributed by atoms with E-state index in [2.05, 4.69) is 13.8 Å². The molecular weight excluding hydrogens is 292 g/mol. The van der Waals surface area contributed by atoms with E-state index in [4.69, 9.17) is 9.47 Å². The van der Waals surface area contributed by atoms with E-state index in [-0.39, 0.29) is 17.9 Å². The Morgan fingerprint density at radius 1 is 0.957 bits per heavy atom. The summed E-state index contributed by atoms with van der Waals surface area (Å²) in [6.45, 7) is 5.27. The number of hydrogen-bond donors (Lipinski definition) is 0. The van der Waals surface area contributed by atoms with Crippen LogP contribution >= 0.6 is 0 Å². The second-order valence-electron chi connectivity index (χ2n) is 6.29. The van der Waals surface area contributed by atoms with Crippen molar-refractivity contribution in [2.75, 3.05) is 13.2 Å². The minimum atomic E-state index is -0.264. The molecule has 1 atom stereocenters. The van der Waals surface area contributed by atoms with Gasteiger partial charge in [0.1, 0.15) is 0 Å². The van der Waals surface area contributed by atoms with Gasteiger partial charge in [-0.05, 0) is 25.7 Å². The van der Waals surface area contributed by atoms with E-state index in [1.54, 1.807) is 0 Å². The molecule has 0 radical (unpaired) electrons. The molecule has 0 amide bonds. The average Bonchev–Trinajstić information content (AvgIpc) is 3.04. The highest BCUT2D eigenvalue weighted by Crippen LogP contribution is 2.27. The first-order chi connectivity index (χ1) is 11.2. The summed E-state index contributed by atoms with van der Waals surface area (Å²) >= 11 is 0. The zero-order valence-corrected chi connectivity index (χ0v) is 14.8. The van der Waals surface area contributed by atoms with Crippen molar-refractivity contribution in [3.63, 3.8) is 0 Å². The Hall–Kier alpha value is -1.32. The second-order valence-corrected chi connectivity index (χ2v) is 6.29. The number of unbranched alkanes of at least 4 members (excludes halogenated alkanes) is 6. The number of rotatable bonds is 12. The topological polar surface area (TPSA) is 52.6 Å². The highest BCUT2D eigenvalue weighted by Gasteiger charge is 2.29. The maximum absolute atomic E-state index is 12.0. The van der Waals surface area contributed by atoms with Gasteiger partial charge in [0.25, 0.3) is 0 Å². The van der Waals surface area contributed by atoms with E-state index >= 15 is 0 Å². The minimum absolute atomic E-state index is 0.177. The standard InChI is InChI=1S/C19H32O4/c1-3-5-7-9-13-22-18(20)16-11-12-17(15-16)19(21)23-14-10-8-6-4-2/h11,17H,3-10,12-15H2,1-2H3. The smallest absolute Gasteiger partial charge is 0.333 e. The van der Waals surface area contributed by atoms with Crippen molar-refractivity contribution in [1.82, 2.24) is 0 Å². The molecular formula is C19H32O4. The van der Waals surface area contributed by atoms with Crippen molar-refractivity contribution in [3.8, 4) is 0 Å². The molecule has 1 unspecified atom stereocenters. The van der Waals surface area contributed by atoms with Gasteiger partial charge in [-0.2, -0.15) is 0 Å². The molecule has 0 bridgehead atoms. The summed E-state index contributed by atoms with van der Waals surface area (Å²) in [5, 5.41) is 0. The Morgan fingerprint density at radius 2 is 1.57 bits per heavy atom. The zero-order chi connectivity index (χ0) is 16.9.